The van der Waals surface area contributed by atoms with Crippen LogP contribution >= 0.6 is 11.3 Å². The van der Waals surface area contributed by atoms with Crippen LogP contribution in [0.5, 0.6) is 5.75 Å². The van der Waals surface area contributed by atoms with Gasteiger partial charge in [0.15, 0.2) is 0 Å². The molecular weight excluding hydrogens is 298 g/mol. The van der Waals surface area contributed by atoms with Crippen molar-refractivity contribution in [2.75, 3.05) is 13.7 Å². The van der Waals surface area contributed by atoms with Crippen molar-refractivity contribution in [3.63, 3.8) is 0 Å². The zero-order valence-corrected chi connectivity index (χ0v) is 13.3. The van der Waals surface area contributed by atoms with Gasteiger partial charge in [-0.15, -0.1) is 11.3 Å². The number of H-pyrrole nitrogens is 1. The Morgan fingerprint density at radius 2 is 2.32 bits per heavy atom. The van der Waals surface area contributed by atoms with Gasteiger partial charge in [0, 0.05) is 23.6 Å². The number of fused-ring (bicyclic) bond motifs is 1. The van der Waals surface area contributed by atoms with E-state index in [0.29, 0.717) is 11.4 Å². The van der Waals surface area contributed by atoms with Crippen molar-refractivity contribution < 1.29 is 9.53 Å². The predicted molar refractivity (Wildman–Crippen MR) is 87.7 cm³/mol. The number of amides is 1. The fourth-order valence-electron chi connectivity index (χ4n) is 2.50. The molecule has 1 amide bonds. The number of nitrogens with zero attached hydrogens (tertiary/aromatic N) is 1. The maximum Gasteiger partial charge on any atom is 0.263 e. The average molecular weight is 315 g/mol. The van der Waals surface area contributed by atoms with E-state index in [0.717, 1.165) is 34.3 Å². The first-order chi connectivity index (χ1) is 10.7. The minimum atomic E-state index is -0.0631. The molecule has 0 saturated heterocycles. The molecule has 0 aliphatic heterocycles. The van der Waals surface area contributed by atoms with E-state index < -0.39 is 0 Å². The highest BCUT2D eigenvalue weighted by Gasteiger charge is 2.12. The first-order valence-corrected chi connectivity index (χ1v) is 7.90. The summed E-state index contributed by atoms with van der Waals surface area (Å²) in [5.41, 5.74) is 4.64. The monoisotopic (exact) mass is 315 g/mol. The van der Waals surface area contributed by atoms with E-state index in [9.17, 15) is 4.79 Å². The number of thiazole rings is 1. The van der Waals surface area contributed by atoms with Crippen molar-refractivity contribution in [3.8, 4) is 5.75 Å². The molecule has 0 unspecified atom stereocenters. The molecule has 5 nitrogen and oxygen atoms in total. The molecule has 0 aliphatic rings. The summed E-state index contributed by atoms with van der Waals surface area (Å²) in [5, 5.41) is 4.02. The molecule has 2 N–H and O–H groups in total. The van der Waals surface area contributed by atoms with E-state index in [2.05, 4.69) is 15.3 Å². The minimum Gasteiger partial charge on any atom is -0.496 e. The van der Waals surface area contributed by atoms with Crippen LogP contribution in [0, 0.1) is 6.92 Å². The summed E-state index contributed by atoms with van der Waals surface area (Å²) in [6.07, 6.45) is 2.71. The maximum absolute atomic E-state index is 12.1. The highest BCUT2D eigenvalue weighted by atomic mass is 32.1. The maximum atomic E-state index is 12.1. The number of aryl methyl sites for hydroxylation is 1. The molecule has 1 aromatic carbocycles. The van der Waals surface area contributed by atoms with E-state index in [1.54, 1.807) is 12.6 Å². The Kier molecular flexibility index (Phi) is 4.11. The van der Waals surface area contributed by atoms with Crippen molar-refractivity contribution in [2.45, 2.75) is 13.3 Å². The average Bonchev–Trinajstić information content (AvgIpc) is 3.13. The standard InChI is InChI=1S/C16H17N3O2S/c1-10-15(22-9-19-10)16(20)17-7-6-11-8-18-12-4-3-5-13(21-2)14(11)12/h3-5,8-9,18H,6-7H2,1-2H3,(H,17,20). The lowest BCUT2D eigenvalue weighted by Crippen LogP contribution is -2.25. The van der Waals surface area contributed by atoms with Gasteiger partial charge in [-0.05, 0) is 31.0 Å². The molecule has 114 valence electrons. The molecule has 0 spiro atoms. The second-order valence-corrected chi connectivity index (χ2v) is 5.82. The van der Waals surface area contributed by atoms with Crippen molar-refractivity contribution >= 4 is 28.1 Å². The molecular formula is C16H17N3O2S. The Morgan fingerprint density at radius 3 is 3.05 bits per heavy atom. The number of aromatic amines is 1. The highest BCUT2D eigenvalue weighted by molar-refractivity contribution is 7.11. The molecule has 6 heteroatoms. The molecule has 3 rings (SSSR count). The predicted octanol–water partition coefficient (Wildman–Crippen LogP) is 2.91. The molecule has 22 heavy (non-hydrogen) atoms. The second kappa shape index (κ2) is 6.19. The zero-order chi connectivity index (χ0) is 15.5. The number of hydrogen-bond acceptors (Lipinski definition) is 4. The largest absolute Gasteiger partial charge is 0.496 e. The van der Waals surface area contributed by atoms with Crippen molar-refractivity contribution in [3.05, 3.63) is 46.0 Å². The topological polar surface area (TPSA) is 67.0 Å². The SMILES string of the molecule is COc1cccc2[nH]cc(CCNC(=O)c3scnc3C)c12. The van der Waals surface area contributed by atoms with Crippen LogP contribution in [0.2, 0.25) is 0 Å². The molecule has 0 radical (unpaired) electrons. The number of hydrogen-bond donors (Lipinski definition) is 2. The van der Waals surface area contributed by atoms with Crippen LogP contribution in [0.3, 0.4) is 0 Å². The summed E-state index contributed by atoms with van der Waals surface area (Å²) < 4.78 is 5.41. The van der Waals surface area contributed by atoms with E-state index in [1.165, 1.54) is 11.3 Å². The molecule has 0 aliphatic carbocycles. The number of methoxy groups -OCH3 is 1. The third kappa shape index (κ3) is 2.69. The zero-order valence-electron chi connectivity index (χ0n) is 12.5. The lowest BCUT2D eigenvalue weighted by atomic mass is 10.1. The normalized spacial score (nSPS) is 10.8. The van der Waals surface area contributed by atoms with E-state index in [4.69, 9.17) is 4.74 Å². The molecule has 0 atom stereocenters. The molecule has 2 aromatic heterocycles. The van der Waals surface area contributed by atoms with Gasteiger partial charge in [-0.1, -0.05) is 6.07 Å². The van der Waals surface area contributed by atoms with Crippen LogP contribution in [0.25, 0.3) is 10.9 Å². The van der Waals surface area contributed by atoms with Gasteiger partial charge in [0.1, 0.15) is 10.6 Å². The number of aromatic nitrogens is 2. The van der Waals surface area contributed by atoms with Gasteiger partial charge in [-0.25, -0.2) is 4.98 Å². The van der Waals surface area contributed by atoms with Gasteiger partial charge >= 0.3 is 0 Å². The summed E-state index contributed by atoms with van der Waals surface area (Å²) in [6, 6.07) is 5.91. The fourth-order valence-corrected chi connectivity index (χ4v) is 3.22. The highest BCUT2D eigenvalue weighted by Crippen LogP contribution is 2.28. The van der Waals surface area contributed by atoms with Crippen molar-refractivity contribution in [1.29, 1.82) is 0 Å². The Bertz CT molecular complexity index is 807. The first kappa shape index (κ1) is 14.6. The quantitative estimate of drug-likeness (QED) is 0.761. The van der Waals surface area contributed by atoms with Crippen LogP contribution < -0.4 is 10.1 Å². The van der Waals surface area contributed by atoms with E-state index in [1.807, 2.05) is 31.3 Å². The smallest absolute Gasteiger partial charge is 0.263 e. The van der Waals surface area contributed by atoms with Gasteiger partial charge in [0.2, 0.25) is 0 Å². The molecule has 2 heterocycles. The number of benzene rings is 1. The van der Waals surface area contributed by atoms with Crippen molar-refractivity contribution in [2.24, 2.45) is 0 Å². The minimum absolute atomic E-state index is 0.0631. The Hall–Kier alpha value is -2.34. The van der Waals surface area contributed by atoms with E-state index in [-0.39, 0.29) is 5.91 Å². The lowest BCUT2D eigenvalue weighted by molar-refractivity contribution is 0.0957. The Labute approximate surface area is 132 Å². The number of rotatable bonds is 5. The van der Waals surface area contributed by atoms with Gasteiger partial charge in [0.25, 0.3) is 5.91 Å². The van der Waals surface area contributed by atoms with Crippen LogP contribution in [-0.4, -0.2) is 29.5 Å². The molecule has 3 aromatic rings. The molecule has 0 saturated carbocycles. The summed E-state index contributed by atoms with van der Waals surface area (Å²) in [6.45, 7) is 2.41. The summed E-state index contributed by atoms with van der Waals surface area (Å²) in [7, 11) is 1.67. The number of nitrogens with one attached hydrogen (secondary N) is 2. The van der Waals surface area contributed by atoms with Gasteiger partial charge in [-0.3, -0.25) is 4.79 Å². The lowest BCUT2D eigenvalue weighted by Gasteiger charge is -2.06. The number of carbonyl (C=O) groups is 1. The van der Waals surface area contributed by atoms with Gasteiger partial charge in [-0.2, -0.15) is 0 Å². The van der Waals surface area contributed by atoms with Gasteiger partial charge in [0.05, 0.1) is 18.3 Å². The third-order valence-electron chi connectivity index (χ3n) is 3.60. The van der Waals surface area contributed by atoms with E-state index >= 15 is 0 Å². The Morgan fingerprint density at radius 1 is 1.45 bits per heavy atom. The Balaban J connectivity index is 1.70. The number of ether oxygens (including phenoxy) is 1. The fraction of sp³-hybridized carbons (Fsp3) is 0.250. The summed E-state index contributed by atoms with van der Waals surface area (Å²) in [4.78, 5) is 20.1. The van der Waals surface area contributed by atoms with Crippen LogP contribution in [0.4, 0.5) is 0 Å². The first-order valence-electron chi connectivity index (χ1n) is 7.02. The van der Waals surface area contributed by atoms with Crippen LogP contribution in [0.15, 0.2) is 29.9 Å². The van der Waals surface area contributed by atoms with Crippen molar-refractivity contribution in [1.82, 2.24) is 15.3 Å². The van der Waals surface area contributed by atoms with Gasteiger partial charge < -0.3 is 15.0 Å². The molecule has 0 bridgehead atoms. The number of carbonyl (C=O) groups excluding carboxylic acids is 1. The van der Waals surface area contributed by atoms with Crippen LogP contribution in [0.1, 0.15) is 20.9 Å². The second-order valence-electron chi connectivity index (χ2n) is 4.97. The molecule has 0 fully saturated rings. The van der Waals surface area contributed by atoms with Crippen LogP contribution in [-0.2, 0) is 6.42 Å². The summed E-state index contributed by atoms with van der Waals surface area (Å²) >= 11 is 1.36. The summed E-state index contributed by atoms with van der Waals surface area (Å²) in [5.74, 6) is 0.783. The third-order valence-corrected chi connectivity index (χ3v) is 4.53.